The topological polar surface area (TPSA) is 102 Å². The maximum absolute atomic E-state index is 12.6. The fourth-order valence-electron chi connectivity index (χ4n) is 2.57. The Bertz CT molecular complexity index is 871. The lowest BCUT2D eigenvalue weighted by Crippen LogP contribution is -2.47. The van der Waals surface area contributed by atoms with Crippen LogP contribution in [0.15, 0.2) is 59.7 Å². The Hall–Kier alpha value is -3.42. The molecule has 2 N–H and O–H groups in total. The van der Waals surface area contributed by atoms with Crippen molar-refractivity contribution in [2.45, 2.75) is 26.4 Å². The van der Waals surface area contributed by atoms with Gasteiger partial charge in [0.25, 0.3) is 5.91 Å². The van der Waals surface area contributed by atoms with Crippen LogP contribution >= 0.6 is 0 Å². The lowest BCUT2D eigenvalue weighted by atomic mass is 10.0. The van der Waals surface area contributed by atoms with E-state index in [-0.39, 0.29) is 17.6 Å². The zero-order valence-electron chi connectivity index (χ0n) is 15.1. The lowest BCUT2D eigenvalue weighted by molar-refractivity contribution is -0.118. The van der Waals surface area contributed by atoms with Gasteiger partial charge in [-0.25, -0.2) is 9.67 Å². The highest BCUT2D eigenvalue weighted by atomic mass is 16.3. The van der Waals surface area contributed by atoms with Crippen LogP contribution in [-0.4, -0.2) is 32.6 Å². The Kier molecular flexibility index (Phi) is 5.65. The van der Waals surface area contributed by atoms with Crippen LogP contribution < -0.4 is 10.6 Å². The second kappa shape index (κ2) is 8.31. The van der Waals surface area contributed by atoms with Gasteiger partial charge in [0.1, 0.15) is 18.7 Å². The highest BCUT2D eigenvalue weighted by Gasteiger charge is 2.25. The number of carbonyl (C=O) groups is 2. The SMILES string of the molecule is CC(C)C(NC(=O)c1ccco1)C(=O)Nc1ccc(Cn2cncn2)cc1. The molecule has 0 aliphatic carbocycles. The molecule has 0 radical (unpaired) electrons. The van der Waals surface area contributed by atoms with E-state index in [1.165, 1.54) is 12.6 Å². The number of anilines is 1. The second-order valence-electron chi connectivity index (χ2n) is 6.45. The number of nitrogens with zero attached hydrogens (tertiary/aromatic N) is 3. The number of furan rings is 1. The average Bonchev–Trinajstić information content (AvgIpc) is 3.34. The van der Waals surface area contributed by atoms with Crippen molar-refractivity contribution in [2.24, 2.45) is 5.92 Å². The molecule has 0 bridgehead atoms. The van der Waals surface area contributed by atoms with E-state index in [1.807, 2.05) is 38.1 Å². The third-order valence-corrected chi connectivity index (χ3v) is 4.01. The summed E-state index contributed by atoms with van der Waals surface area (Å²) in [6.45, 7) is 4.34. The Balaban J connectivity index is 1.62. The Labute approximate surface area is 156 Å². The first-order valence-corrected chi connectivity index (χ1v) is 8.59. The normalized spacial score (nSPS) is 12.0. The van der Waals surface area contributed by atoms with Crippen molar-refractivity contribution in [1.82, 2.24) is 20.1 Å². The molecule has 1 unspecified atom stereocenters. The van der Waals surface area contributed by atoms with Crippen LogP contribution in [0.3, 0.4) is 0 Å². The molecule has 27 heavy (non-hydrogen) atoms. The Morgan fingerprint density at radius 3 is 2.56 bits per heavy atom. The third-order valence-electron chi connectivity index (χ3n) is 4.01. The largest absolute Gasteiger partial charge is 0.459 e. The number of rotatable bonds is 7. The van der Waals surface area contributed by atoms with E-state index in [0.29, 0.717) is 12.2 Å². The molecule has 0 aliphatic heterocycles. The van der Waals surface area contributed by atoms with Crippen LogP contribution in [0.1, 0.15) is 30.0 Å². The van der Waals surface area contributed by atoms with Crippen molar-refractivity contribution in [1.29, 1.82) is 0 Å². The van der Waals surface area contributed by atoms with E-state index in [4.69, 9.17) is 4.42 Å². The molecular formula is C19H21N5O3. The number of nitrogens with one attached hydrogen (secondary N) is 2. The van der Waals surface area contributed by atoms with Crippen molar-refractivity contribution in [3.63, 3.8) is 0 Å². The summed E-state index contributed by atoms with van der Waals surface area (Å²) in [6.07, 6.45) is 4.54. The number of amides is 2. The molecule has 1 atom stereocenters. The molecule has 2 amide bonds. The standard InChI is InChI=1S/C19H21N5O3/c1-13(2)17(23-18(25)16-4-3-9-27-16)19(26)22-15-7-5-14(6-8-15)10-24-12-20-11-21-24/h3-9,11-13,17H,10H2,1-2H3,(H,22,26)(H,23,25). The van der Waals surface area contributed by atoms with Gasteiger partial charge >= 0.3 is 0 Å². The second-order valence-corrected chi connectivity index (χ2v) is 6.45. The molecule has 0 saturated heterocycles. The minimum Gasteiger partial charge on any atom is -0.459 e. The van der Waals surface area contributed by atoms with Crippen LogP contribution in [-0.2, 0) is 11.3 Å². The molecule has 0 saturated carbocycles. The molecule has 0 fully saturated rings. The van der Waals surface area contributed by atoms with E-state index >= 15 is 0 Å². The number of benzene rings is 1. The average molecular weight is 367 g/mol. The molecule has 3 rings (SSSR count). The van der Waals surface area contributed by atoms with E-state index in [2.05, 4.69) is 20.7 Å². The summed E-state index contributed by atoms with van der Waals surface area (Å²) in [4.78, 5) is 28.7. The van der Waals surface area contributed by atoms with Gasteiger partial charge in [0.05, 0.1) is 12.8 Å². The quantitative estimate of drug-likeness (QED) is 0.667. The predicted octanol–water partition coefficient (Wildman–Crippen LogP) is 2.31. The summed E-state index contributed by atoms with van der Waals surface area (Å²) in [7, 11) is 0. The van der Waals surface area contributed by atoms with Crippen LogP contribution in [0.25, 0.3) is 0 Å². The van der Waals surface area contributed by atoms with Crippen molar-refractivity contribution >= 4 is 17.5 Å². The Morgan fingerprint density at radius 2 is 1.96 bits per heavy atom. The summed E-state index contributed by atoms with van der Waals surface area (Å²) in [5.41, 5.74) is 1.69. The first-order valence-electron chi connectivity index (χ1n) is 8.59. The lowest BCUT2D eigenvalue weighted by Gasteiger charge is -2.21. The van der Waals surface area contributed by atoms with E-state index in [0.717, 1.165) is 5.56 Å². The number of hydrogen-bond donors (Lipinski definition) is 2. The molecule has 2 heterocycles. The van der Waals surface area contributed by atoms with Gasteiger partial charge in [-0.3, -0.25) is 9.59 Å². The monoisotopic (exact) mass is 367 g/mol. The maximum Gasteiger partial charge on any atom is 0.287 e. The van der Waals surface area contributed by atoms with Crippen molar-refractivity contribution in [3.05, 3.63) is 66.6 Å². The summed E-state index contributed by atoms with van der Waals surface area (Å²) in [5.74, 6) is -0.618. The highest BCUT2D eigenvalue weighted by Crippen LogP contribution is 2.13. The fourth-order valence-corrected chi connectivity index (χ4v) is 2.57. The van der Waals surface area contributed by atoms with E-state index in [9.17, 15) is 9.59 Å². The van der Waals surface area contributed by atoms with E-state index < -0.39 is 11.9 Å². The van der Waals surface area contributed by atoms with Crippen LogP contribution in [0.2, 0.25) is 0 Å². The molecule has 0 aliphatic rings. The van der Waals surface area contributed by atoms with Crippen molar-refractivity contribution in [2.75, 3.05) is 5.32 Å². The van der Waals surface area contributed by atoms with Crippen molar-refractivity contribution in [3.8, 4) is 0 Å². The summed E-state index contributed by atoms with van der Waals surface area (Å²) >= 11 is 0. The smallest absolute Gasteiger partial charge is 0.287 e. The zero-order chi connectivity index (χ0) is 19.2. The van der Waals surface area contributed by atoms with Gasteiger partial charge in [-0.2, -0.15) is 5.10 Å². The molecule has 140 valence electrons. The predicted molar refractivity (Wildman–Crippen MR) is 99.0 cm³/mol. The summed E-state index contributed by atoms with van der Waals surface area (Å²) in [6, 6.07) is 9.94. The van der Waals surface area contributed by atoms with Gasteiger partial charge in [-0.15, -0.1) is 0 Å². The summed E-state index contributed by atoms with van der Waals surface area (Å²) < 4.78 is 6.79. The molecular weight excluding hydrogens is 346 g/mol. The van der Waals surface area contributed by atoms with Crippen LogP contribution in [0.4, 0.5) is 5.69 Å². The summed E-state index contributed by atoms with van der Waals surface area (Å²) in [5, 5.41) is 9.62. The molecule has 8 heteroatoms. The van der Waals surface area contributed by atoms with Gasteiger partial charge in [0.2, 0.25) is 5.91 Å². The molecule has 3 aromatic rings. The van der Waals surface area contributed by atoms with Gasteiger partial charge in [-0.1, -0.05) is 26.0 Å². The fraction of sp³-hybridized carbons (Fsp3) is 0.263. The highest BCUT2D eigenvalue weighted by molar-refractivity contribution is 6.00. The number of aromatic nitrogens is 3. The van der Waals surface area contributed by atoms with Crippen LogP contribution in [0.5, 0.6) is 0 Å². The molecule has 8 nitrogen and oxygen atoms in total. The minimum absolute atomic E-state index is 0.0875. The molecule has 2 aromatic heterocycles. The van der Waals surface area contributed by atoms with E-state index in [1.54, 1.807) is 23.1 Å². The zero-order valence-corrected chi connectivity index (χ0v) is 15.1. The Morgan fingerprint density at radius 1 is 1.19 bits per heavy atom. The number of carbonyl (C=O) groups excluding carboxylic acids is 2. The molecule has 0 spiro atoms. The van der Waals surface area contributed by atoms with Gasteiger partial charge in [0.15, 0.2) is 5.76 Å². The molecule has 1 aromatic carbocycles. The first kappa shape index (κ1) is 18.4. The van der Waals surface area contributed by atoms with Crippen LogP contribution in [0, 0.1) is 5.92 Å². The van der Waals surface area contributed by atoms with Gasteiger partial charge in [-0.05, 0) is 35.7 Å². The first-order chi connectivity index (χ1) is 13.0. The third kappa shape index (κ3) is 4.81. The van der Waals surface area contributed by atoms with Gasteiger partial charge < -0.3 is 15.1 Å². The minimum atomic E-state index is -0.683. The van der Waals surface area contributed by atoms with Crippen molar-refractivity contribution < 1.29 is 14.0 Å². The number of hydrogen-bond acceptors (Lipinski definition) is 5. The maximum atomic E-state index is 12.6. The van der Waals surface area contributed by atoms with Gasteiger partial charge in [0, 0.05) is 5.69 Å².